The van der Waals surface area contributed by atoms with Gasteiger partial charge in [-0.1, -0.05) is 6.92 Å². The molecule has 1 aromatic rings. The zero-order valence-electron chi connectivity index (χ0n) is 12.6. The molecule has 0 aliphatic rings. The van der Waals surface area contributed by atoms with Crippen LogP contribution in [0.4, 0.5) is 0 Å². The van der Waals surface area contributed by atoms with Gasteiger partial charge >= 0.3 is 0 Å². The fourth-order valence-corrected chi connectivity index (χ4v) is 1.82. The summed E-state index contributed by atoms with van der Waals surface area (Å²) >= 11 is 0. The second-order valence-electron chi connectivity index (χ2n) is 5.11. The van der Waals surface area contributed by atoms with Gasteiger partial charge in [-0.15, -0.1) is 5.10 Å². The molecule has 1 atom stereocenters. The molecule has 0 saturated heterocycles. The largest absolute Gasteiger partial charge is 0.480 e. The first kappa shape index (κ1) is 15.9. The Morgan fingerprint density at radius 3 is 2.47 bits per heavy atom. The quantitative estimate of drug-likeness (QED) is 0.783. The minimum absolute atomic E-state index is 0.117. The van der Waals surface area contributed by atoms with Gasteiger partial charge in [-0.05, 0) is 39.3 Å². The molecule has 0 amide bonds. The average molecular weight is 267 g/mol. The molecule has 5 nitrogen and oxygen atoms in total. The van der Waals surface area contributed by atoms with E-state index < -0.39 is 0 Å². The van der Waals surface area contributed by atoms with E-state index in [9.17, 15) is 0 Å². The standard InChI is InChI=1S/C14H25N3O2/c1-6-15-11(9-10-14(2,3)19-5)12-7-8-13(18-4)17-16-12/h7-8,11,15H,6,9-10H2,1-5H3. The Labute approximate surface area is 115 Å². The molecule has 0 aliphatic carbocycles. The van der Waals surface area contributed by atoms with Crippen molar-refractivity contribution in [3.8, 4) is 5.88 Å². The molecule has 5 heteroatoms. The zero-order valence-corrected chi connectivity index (χ0v) is 12.6. The Kier molecular flexibility index (Phi) is 6.18. The highest BCUT2D eigenvalue weighted by atomic mass is 16.5. The molecule has 0 fully saturated rings. The highest BCUT2D eigenvalue weighted by Gasteiger charge is 2.20. The Balaban J connectivity index is 2.70. The molecular weight excluding hydrogens is 242 g/mol. The highest BCUT2D eigenvalue weighted by Crippen LogP contribution is 2.23. The van der Waals surface area contributed by atoms with Gasteiger partial charge in [-0.2, -0.15) is 5.10 Å². The van der Waals surface area contributed by atoms with E-state index in [2.05, 4.69) is 36.3 Å². The van der Waals surface area contributed by atoms with E-state index in [1.54, 1.807) is 14.2 Å². The molecule has 0 saturated carbocycles. The molecule has 0 radical (unpaired) electrons. The van der Waals surface area contributed by atoms with Crippen LogP contribution in [0.25, 0.3) is 0 Å². The van der Waals surface area contributed by atoms with Crippen LogP contribution in [0.15, 0.2) is 12.1 Å². The molecule has 1 rings (SSSR count). The summed E-state index contributed by atoms with van der Waals surface area (Å²) in [4.78, 5) is 0. The van der Waals surface area contributed by atoms with Crippen LogP contribution >= 0.6 is 0 Å². The third-order valence-electron chi connectivity index (χ3n) is 3.27. The topological polar surface area (TPSA) is 56.3 Å². The van der Waals surface area contributed by atoms with Crippen molar-refractivity contribution >= 4 is 0 Å². The predicted molar refractivity (Wildman–Crippen MR) is 75.3 cm³/mol. The number of hydrogen-bond acceptors (Lipinski definition) is 5. The molecule has 108 valence electrons. The summed E-state index contributed by atoms with van der Waals surface area (Å²) < 4.78 is 10.5. The Bertz CT molecular complexity index is 365. The molecular formula is C14H25N3O2. The lowest BCUT2D eigenvalue weighted by atomic mass is 9.97. The van der Waals surface area contributed by atoms with Gasteiger partial charge in [-0.3, -0.25) is 0 Å². The van der Waals surface area contributed by atoms with E-state index >= 15 is 0 Å². The van der Waals surface area contributed by atoms with Crippen LogP contribution in [0.1, 0.15) is 45.3 Å². The van der Waals surface area contributed by atoms with Crippen molar-refractivity contribution in [2.24, 2.45) is 0 Å². The monoisotopic (exact) mass is 267 g/mol. The van der Waals surface area contributed by atoms with Gasteiger partial charge < -0.3 is 14.8 Å². The first-order valence-electron chi connectivity index (χ1n) is 6.68. The summed E-state index contributed by atoms with van der Waals surface area (Å²) in [6.45, 7) is 7.17. The van der Waals surface area contributed by atoms with Crippen molar-refractivity contribution in [2.75, 3.05) is 20.8 Å². The van der Waals surface area contributed by atoms with Gasteiger partial charge in [0.2, 0.25) is 5.88 Å². The van der Waals surface area contributed by atoms with Gasteiger partial charge in [0.15, 0.2) is 0 Å². The fourth-order valence-electron chi connectivity index (χ4n) is 1.82. The normalized spacial score (nSPS) is 13.3. The third kappa shape index (κ3) is 5.12. The van der Waals surface area contributed by atoms with Crippen LogP contribution in [0.5, 0.6) is 5.88 Å². The van der Waals surface area contributed by atoms with E-state index in [4.69, 9.17) is 9.47 Å². The lowest BCUT2D eigenvalue weighted by Crippen LogP contribution is -2.28. The summed E-state index contributed by atoms with van der Waals surface area (Å²) in [6, 6.07) is 3.99. The van der Waals surface area contributed by atoms with Gasteiger partial charge in [0.05, 0.1) is 24.4 Å². The van der Waals surface area contributed by atoms with Crippen LogP contribution in [0.3, 0.4) is 0 Å². The number of nitrogens with one attached hydrogen (secondary N) is 1. The predicted octanol–water partition coefficient (Wildman–Crippen LogP) is 2.34. The van der Waals surface area contributed by atoms with Crippen molar-refractivity contribution in [1.29, 1.82) is 0 Å². The summed E-state index contributed by atoms with van der Waals surface area (Å²) in [5.74, 6) is 0.538. The van der Waals surface area contributed by atoms with Gasteiger partial charge in [0, 0.05) is 13.2 Å². The molecule has 1 aromatic heterocycles. The van der Waals surface area contributed by atoms with E-state index in [1.165, 1.54) is 0 Å². The Morgan fingerprint density at radius 2 is 2.00 bits per heavy atom. The molecule has 0 aliphatic heterocycles. The van der Waals surface area contributed by atoms with Crippen molar-refractivity contribution in [1.82, 2.24) is 15.5 Å². The average Bonchev–Trinajstić information content (AvgIpc) is 2.43. The lowest BCUT2D eigenvalue weighted by molar-refractivity contribution is 0.0116. The number of methoxy groups -OCH3 is 2. The first-order chi connectivity index (χ1) is 9.02. The van der Waals surface area contributed by atoms with Crippen molar-refractivity contribution in [2.45, 2.75) is 45.3 Å². The summed E-state index contributed by atoms with van der Waals surface area (Å²) in [7, 11) is 3.34. The zero-order chi connectivity index (χ0) is 14.3. The molecule has 0 bridgehead atoms. The molecule has 1 N–H and O–H groups in total. The van der Waals surface area contributed by atoms with Crippen molar-refractivity contribution < 1.29 is 9.47 Å². The second-order valence-corrected chi connectivity index (χ2v) is 5.11. The van der Waals surface area contributed by atoms with Crippen LogP contribution < -0.4 is 10.1 Å². The van der Waals surface area contributed by atoms with Crippen molar-refractivity contribution in [3.05, 3.63) is 17.8 Å². The maximum absolute atomic E-state index is 5.45. The maximum atomic E-state index is 5.45. The number of rotatable bonds is 8. The number of hydrogen-bond donors (Lipinski definition) is 1. The van der Waals surface area contributed by atoms with Crippen LogP contribution in [-0.4, -0.2) is 36.6 Å². The molecule has 1 unspecified atom stereocenters. The van der Waals surface area contributed by atoms with Crippen LogP contribution in [-0.2, 0) is 4.74 Å². The van der Waals surface area contributed by atoms with Crippen molar-refractivity contribution in [3.63, 3.8) is 0 Å². The number of aromatic nitrogens is 2. The lowest BCUT2D eigenvalue weighted by Gasteiger charge is -2.26. The summed E-state index contributed by atoms with van der Waals surface area (Å²) in [5, 5.41) is 11.7. The second kappa shape index (κ2) is 7.40. The molecule has 1 heterocycles. The van der Waals surface area contributed by atoms with Crippen LogP contribution in [0.2, 0.25) is 0 Å². The first-order valence-corrected chi connectivity index (χ1v) is 6.68. The summed E-state index contributed by atoms with van der Waals surface area (Å²) in [5.41, 5.74) is 0.822. The fraction of sp³-hybridized carbons (Fsp3) is 0.714. The van der Waals surface area contributed by atoms with Crippen LogP contribution in [0, 0.1) is 0 Å². The minimum atomic E-state index is -0.117. The van der Waals surface area contributed by atoms with Gasteiger partial charge in [0.1, 0.15) is 0 Å². The molecule has 19 heavy (non-hydrogen) atoms. The smallest absolute Gasteiger partial charge is 0.233 e. The third-order valence-corrected chi connectivity index (χ3v) is 3.27. The van der Waals surface area contributed by atoms with E-state index in [0.29, 0.717) is 5.88 Å². The Hall–Kier alpha value is -1.20. The van der Waals surface area contributed by atoms with E-state index in [0.717, 1.165) is 25.1 Å². The highest BCUT2D eigenvalue weighted by molar-refractivity contribution is 5.14. The molecule has 0 aromatic carbocycles. The van der Waals surface area contributed by atoms with E-state index in [1.807, 2.05) is 12.1 Å². The van der Waals surface area contributed by atoms with Gasteiger partial charge in [-0.25, -0.2) is 0 Å². The maximum Gasteiger partial charge on any atom is 0.233 e. The SMILES string of the molecule is CCNC(CCC(C)(C)OC)c1ccc(OC)nn1. The minimum Gasteiger partial charge on any atom is -0.480 e. The van der Waals surface area contributed by atoms with E-state index in [-0.39, 0.29) is 11.6 Å². The van der Waals surface area contributed by atoms with Gasteiger partial charge in [0.25, 0.3) is 0 Å². The number of ether oxygens (including phenoxy) is 2. The summed E-state index contributed by atoms with van der Waals surface area (Å²) in [6.07, 6.45) is 1.91. The number of nitrogens with zero attached hydrogens (tertiary/aromatic N) is 2. The Morgan fingerprint density at radius 1 is 1.26 bits per heavy atom. The molecule has 0 spiro atoms.